The molecular formula is C10H18NNaO5S. The Bertz CT molecular complexity index is 307. The van der Waals surface area contributed by atoms with Crippen LogP contribution in [0.1, 0.15) is 20.8 Å². The summed E-state index contributed by atoms with van der Waals surface area (Å²) in [7, 11) is 0. The van der Waals surface area contributed by atoms with E-state index < -0.39 is 28.9 Å². The number of hydrogen-bond acceptors (Lipinski definition) is 5. The Morgan fingerprint density at radius 3 is 2.67 bits per heavy atom. The van der Waals surface area contributed by atoms with E-state index in [-0.39, 0.29) is 41.9 Å². The van der Waals surface area contributed by atoms with Gasteiger partial charge in [-0.25, -0.2) is 4.79 Å². The zero-order chi connectivity index (χ0) is 13.1. The number of hydrogen-bond donors (Lipinski definition) is 0. The zero-order valence-corrected chi connectivity index (χ0v) is 14.1. The molecule has 0 N–H and O–H groups in total. The summed E-state index contributed by atoms with van der Waals surface area (Å²) in [4.78, 5) is 13.2. The molecule has 0 saturated carbocycles. The molecule has 0 aromatic carbocycles. The minimum atomic E-state index is -2.16. The van der Waals surface area contributed by atoms with Gasteiger partial charge in [-0.15, -0.1) is 0 Å². The molecule has 8 heteroatoms. The van der Waals surface area contributed by atoms with Crippen molar-refractivity contribution in [3.8, 4) is 0 Å². The number of carbonyl (C=O) groups is 1. The fourth-order valence-electron chi connectivity index (χ4n) is 1.46. The molecule has 0 spiro atoms. The summed E-state index contributed by atoms with van der Waals surface area (Å²) in [5.74, 6) is -0.0979. The van der Waals surface area contributed by atoms with Gasteiger partial charge < -0.3 is 18.9 Å². The molecule has 0 aliphatic carbocycles. The molecule has 6 nitrogen and oxygen atoms in total. The number of amides is 1. The second-order valence-electron chi connectivity index (χ2n) is 4.89. The minimum absolute atomic E-state index is 0. The van der Waals surface area contributed by atoms with E-state index in [2.05, 4.69) is 0 Å². The second kappa shape index (κ2) is 7.81. The van der Waals surface area contributed by atoms with Gasteiger partial charge in [0.2, 0.25) is 0 Å². The van der Waals surface area contributed by atoms with Gasteiger partial charge in [-0.1, -0.05) is 11.1 Å². The summed E-state index contributed by atoms with van der Waals surface area (Å²) >= 11 is -2.16. The van der Waals surface area contributed by atoms with E-state index in [1.165, 1.54) is 4.90 Å². The second-order valence-corrected chi connectivity index (χ2v) is 5.83. The predicted octanol–water partition coefficient (Wildman–Crippen LogP) is -2.49. The number of nitrogens with zero attached hydrogens (tertiary/aromatic N) is 1. The first-order valence-corrected chi connectivity index (χ1v) is 6.68. The molecule has 0 bridgehead atoms. The van der Waals surface area contributed by atoms with Crippen LogP contribution in [0.3, 0.4) is 0 Å². The van der Waals surface area contributed by atoms with Gasteiger partial charge in [0.1, 0.15) is 5.60 Å². The molecule has 1 fully saturated rings. The van der Waals surface area contributed by atoms with E-state index in [1.54, 1.807) is 20.8 Å². The Balaban J connectivity index is 0.00000289. The zero-order valence-electron chi connectivity index (χ0n) is 11.3. The van der Waals surface area contributed by atoms with Crippen molar-refractivity contribution < 1.29 is 52.6 Å². The van der Waals surface area contributed by atoms with Crippen LogP contribution < -0.4 is 29.6 Å². The third kappa shape index (κ3) is 7.06. The van der Waals surface area contributed by atoms with Crippen LogP contribution in [0.25, 0.3) is 0 Å². The van der Waals surface area contributed by atoms with Gasteiger partial charge in [0.15, 0.2) is 0 Å². The van der Waals surface area contributed by atoms with Crippen LogP contribution >= 0.6 is 0 Å². The Hall–Kier alpha value is 0.340. The molecule has 100 valence electrons. The van der Waals surface area contributed by atoms with Crippen molar-refractivity contribution in [3.05, 3.63) is 0 Å². The van der Waals surface area contributed by atoms with E-state index >= 15 is 0 Å². The molecule has 1 amide bonds. The van der Waals surface area contributed by atoms with Crippen molar-refractivity contribution in [2.75, 3.05) is 25.4 Å². The van der Waals surface area contributed by atoms with Crippen molar-refractivity contribution in [1.29, 1.82) is 0 Å². The van der Waals surface area contributed by atoms with E-state index in [9.17, 15) is 13.6 Å². The normalized spacial score (nSPS) is 22.0. The number of morpholine rings is 1. The molecule has 0 aromatic heterocycles. The van der Waals surface area contributed by atoms with Crippen molar-refractivity contribution in [1.82, 2.24) is 4.90 Å². The molecule has 0 radical (unpaired) electrons. The van der Waals surface area contributed by atoms with Crippen molar-refractivity contribution in [2.45, 2.75) is 32.5 Å². The van der Waals surface area contributed by atoms with E-state index in [4.69, 9.17) is 9.47 Å². The average Bonchev–Trinajstić information content (AvgIpc) is 2.14. The van der Waals surface area contributed by atoms with Crippen LogP contribution in [0.2, 0.25) is 0 Å². The van der Waals surface area contributed by atoms with Crippen LogP contribution in [-0.2, 0) is 20.6 Å². The molecule has 1 saturated heterocycles. The van der Waals surface area contributed by atoms with Gasteiger partial charge in [-0.3, -0.25) is 4.21 Å². The maximum Gasteiger partial charge on any atom is 1.00 e. The topological polar surface area (TPSA) is 78.9 Å². The van der Waals surface area contributed by atoms with Crippen LogP contribution in [0.4, 0.5) is 4.79 Å². The third-order valence-corrected chi connectivity index (χ3v) is 2.76. The van der Waals surface area contributed by atoms with Gasteiger partial charge in [0.25, 0.3) is 0 Å². The number of rotatable bonds is 2. The summed E-state index contributed by atoms with van der Waals surface area (Å²) in [6.45, 7) is 6.38. The molecule has 1 aliphatic heterocycles. The smallest absolute Gasteiger partial charge is 0.772 e. The Morgan fingerprint density at radius 1 is 1.56 bits per heavy atom. The van der Waals surface area contributed by atoms with Crippen LogP contribution in [0.15, 0.2) is 0 Å². The Labute approximate surface area is 132 Å². The number of carbonyl (C=O) groups excluding carboxylic acids is 1. The first kappa shape index (κ1) is 18.3. The molecule has 1 heterocycles. The molecule has 1 aliphatic rings. The van der Waals surface area contributed by atoms with Gasteiger partial charge in [-0.2, -0.15) is 0 Å². The summed E-state index contributed by atoms with van der Waals surface area (Å²) < 4.78 is 31.6. The molecule has 1 rings (SSSR count). The van der Waals surface area contributed by atoms with Gasteiger partial charge >= 0.3 is 35.7 Å². The van der Waals surface area contributed by atoms with Crippen molar-refractivity contribution in [3.63, 3.8) is 0 Å². The maximum absolute atomic E-state index is 11.7. The Kier molecular flexibility index (Phi) is 7.96. The van der Waals surface area contributed by atoms with E-state index in [1.807, 2.05) is 0 Å². The fraction of sp³-hybridized carbons (Fsp3) is 0.900. The van der Waals surface area contributed by atoms with Gasteiger partial charge in [-0.05, 0) is 20.8 Å². The third-order valence-electron chi connectivity index (χ3n) is 2.11. The molecule has 2 unspecified atom stereocenters. The predicted molar refractivity (Wildman–Crippen MR) is 61.3 cm³/mol. The SMILES string of the molecule is CC(C)(C)OC(=O)N1CCOC(CS(=O)[O-])C1.[Na+]. The quantitative estimate of drug-likeness (QED) is 0.414. The van der Waals surface area contributed by atoms with Crippen LogP contribution in [-0.4, -0.2) is 56.9 Å². The van der Waals surface area contributed by atoms with Crippen LogP contribution in [0, 0.1) is 0 Å². The van der Waals surface area contributed by atoms with Crippen molar-refractivity contribution >= 4 is 17.2 Å². The van der Waals surface area contributed by atoms with Crippen LogP contribution in [0.5, 0.6) is 0 Å². The fourth-order valence-corrected chi connectivity index (χ4v) is 1.97. The maximum atomic E-state index is 11.7. The monoisotopic (exact) mass is 287 g/mol. The first-order chi connectivity index (χ1) is 7.78. The molecule has 18 heavy (non-hydrogen) atoms. The van der Waals surface area contributed by atoms with E-state index in [0.717, 1.165) is 0 Å². The summed E-state index contributed by atoms with van der Waals surface area (Å²) in [5, 5.41) is 0. The summed E-state index contributed by atoms with van der Waals surface area (Å²) in [5.41, 5.74) is -0.549. The average molecular weight is 287 g/mol. The van der Waals surface area contributed by atoms with Gasteiger partial charge in [0.05, 0.1) is 19.3 Å². The first-order valence-electron chi connectivity index (χ1n) is 5.43. The van der Waals surface area contributed by atoms with Crippen molar-refractivity contribution in [2.24, 2.45) is 0 Å². The largest absolute Gasteiger partial charge is 1.00 e. The minimum Gasteiger partial charge on any atom is -0.772 e. The molecular weight excluding hydrogens is 269 g/mol. The van der Waals surface area contributed by atoms with Gasteiger partial charge in [0, 0.05) is 12.3 Å². The Morgan fingerprint density at radius 2 is 2.17 bits per heavy atom. The number of ether oxygens (including phenoxy) is 2. The summed E-state index contributed by atoms with van der Waals surface area (Å²) in [6, 6.07) is 0. The molecule has 0 aromatic rings. The summed E-state index contributed by atoms with van der Waals surface area (Å²) in [6.07, 6.45) is -0.892. The molecule has 2 atom stereocenters. The van der Waals surface area contributed by atoms with E-state index in [0.29, 0.717) is 13.2 Å². The standard InChI is InChI=1S/C10H19NO5S.Na/c1-10(2,3)16-9(12)11-4-5-15-8(6-11)7-17(13)14;/h8H,4-7H2,1-3H3,(H,13,14);/q;+1/p-1.